The Bertz CT molecular complexity index is 677. The van der Waals surface area contributed by atoms with Gasteiger partial charge in [0.25, 0.3) is 5.91 Å². The standard InChI is InChI=1S/C16H15BrFN3O/c17-12-4-5-14(20-9-12)16(22)21-7-6-19-10-15(21)11-2-1-3-13(18)8-11/h1-5,8-9,15,19H,6-7,10H2. The predicted molar refractivity (Wildman–Crippen MR) is 85.0 cm³/mol. The first-order chi connectivity index (χ1) is 10.6. The summed E-state index contributed by atoms with van der Waals surface area (Å²) in [7, 11) is 0. The van der Waals surface area contributed by atoms with Crippen molar-refractivity contribution in [1.29, 1.82) is 0 Å². The van der Waals surface area contributed by atoms with Crippen molar-refractivity contribution in [2.45, 2.75) is 6.04 Å². The lowest BCUT2D eigenvalue weighted by atomic mass is 10.0. The van der Waals surface area contributed by atoms with Crippen molar-refractivity contribution in [1.82, 2.24) is 15.2 Å². The molecule has 0 saturated carbocycles. The highest BCUT2D eigenvalue weighted by Crippen LogP contribution is 2.24. The number of nitrogens with one attached hydrogen (secondary N) is 1. The van der Waals surface area contributed by atoms with Gasteiger partial charge in [-0.3, -0.25) is 4.79 Å². The molecular formula is C16H15BrFN3O. The van der Waals surface area contributed by atoms with Gasteiger partial charge in [0.05, 0.1) is 6.04 Å². The number of halogens is 2. The summed E-state index contributed by atoms with van der Waals surface area (Å²) in [4.78, 5) is 18.6. The van der Waals surface area contributed by atoms with E-state index in [1.54, 1.807) is 29.3 Å². The molecule has 1 unspecified atom stereocenters. The molecule has 114 valence electrons. The summed E-state index contributed by atoms with van der Waals surface area (Å²) in [6.45, 7) is 1.89. The first kappa shape index (κ1) is 15.1. The fraction of sp³-hybridized carbons (Fsp3) is 0.250. The van der Waals surface area contributed by atoms with Crippen molar-refractivity contribution in [3.8, 4) is 0 Å². The van der Waals surface area contributed by atoms with Crippen molar-refractivity contribution in [2.75, 3.05) is 19.6 Å². The summed E-state index contributed by atoms with van der Waals surface area (Å²) in [6, 6.07) is 9.68. The van der Waals surface area contributed by atoms with Gasteiger partial charge in [0.1, 0.15) is 11.5 Å². The Morgan fingerprint density at radius 1 is 1.36 bits per heavy atom. The zero-order valence-corrected chi connectivity index (χ0v) is 13.4. The maximum absolute atomic E-state index is 13.5. The Morgan fingerprint density at radius 2 is 2.23 bits per heavy atom. The van der Waals surface area contributed by atoms with Crippen LogP contribution in [0.15, 0.2) is 47.1 Å². The molecule has 4 nitrogen and oxygen atoms in total. The molecule has 2 heterocycles. The number of aromatic nitrogens is 1. The number of hydrogen-bond donors (Lipinski definition) is 1. The van der Waals surface area contributed by atoms with Crippen LogP contribution in [-0.2, 0) is 0 Å². The third-order valence-electron chi connectivity index (χ3n) is 3.68. The molecule has 3 rings (SSSR count). The van der Waals surface area contributed by atoms with E-state index in [4.69, 9.17) is 0 Å². The number of hydrogen-bond acceptors (Lipinski definition) is 3. The van der Waals surface area contributed by atoms with E-state index in [1.165, 1.54) is 12.1 Å². The second-order valence-electron chi connectivity index (χ2n) is 5.14. The maximum atomic E-state index is 13.5. The first-order valence-electron chi connectivity index (χ1n) is 7.04. The average molecular weight is 364 g/mol. The molecule has 0 aliphatic carbocycles. The summed E-state index contributed by atoms with van der Waals surface area (Å²) >= 11 is 3.31. The van der Waals surface area contributed by atoms with Crippen molar-refractivity contribution in [3.05, 3.63) is 64.1 Å². The molecule has 2 aromatic rings. The molecule has 1 amide bonds. The topological polar surface area (TPSA) is 45.2 Å². The zero-order valence-electron chi connectivity index (χ0n) is 11.8. The summed E-state index contributed by atoms with van der Waals surface area (Å²) in [5.41, 5.74) is 1.18. The van der Waals surface area contributed by atoms with Crippen LogP contribution in [0.2, 0.25) is 0 Å². The smallest absolute Gasteiger partial charge is 0.273 e. The summed E-state index contributed by atoms with van der Waals surface area (Å²) in [6.07, 6.45) is 1.60. The number of amides is 1. The Kier molecular flexibility index (Phi) is 4.49. The fourth-order valence-electron chi connectivity index (χ4n) is 2.61. The molecule has 1 saturated heterocycles. The molecule has 1 fully saturated rings. The van der Waals surface area contributed by atoms with E-state index in [0.29, 0.717) is 25.3 Å². The van der Waals surface area contributed by atoms with Gasteiger partial charge in [-0.25, -0.2) is 9.37 Å². The number of rotatable bonds is 2. The van der Waals surface area contributed by atoms with E-state index in [9.17, 15) is 9.18 Å². The predicted octanol–water partition coefficient (Wildman–Crippen LogP) is 2.77. The molecule has 0 radical (unpaired) electrons. The lowest BCUT2D eigenvalue weighted by Crippen LogP contribution is -2.48. The highest BCUT2D eigenvalue weighted by molar-refractivity contribution is 9.10. The van der Waals surface area contributed by atoms with Gasteiger partial charge in [-0.2, -0.15) is 0 Å². The number of pyridine rings is 1. The van der Waals surface area contributed by atoms with Gasteiger partial charge < -0.3 is 10.2 Å². The third-order valence-corrected chi connectivity index (χ3v) is 4.15. The van der Waals surface area contributed by atoms with Crippen molar-refractivity contribution < 1.29 is 9.18 Å². The van der Waals surface area contributed by atoms with Gasteiger partial charge >= 0.3 is 0 Å². The van der Waals surface area contributed by atoms with Crippen molar-refractivity contribution in [3.63, 3.8) is 0 Å². The third kappa shape index (κ3) is 3.18. The largest absolute Gasteiger partial charge is 0.328 e. The van der Waals surface area contributed by atoms with Crippen LogP contribution in [0.1, 0.15) is 22.1 Å². The number of benzene rings is 1. The van der Waals surface area contributed by atoms with Crippen LogP contribution in [0, 0.1) is 5.82 Å². The molecule has 0 spiro atoms. The van der Waals surface area contributed by atoms with Gasteiger partial charge in [-0.1, -0.05) is 12.1 Å². The van der Waals surface area contributed by atoms with E-state index < -0.39 is 0 Å². The molecule has 6 heteroatoms. The SMILES string of the molecule is O=C(c1ccc(Br)cn1)N1CCNCC1c1cccc(F)c1. The van der Waals surface area contributed by atoms with E-state index in [-0.39, 0.29) is 17.8 Å². The molecule has 1 atom stereocenters. The quantitative estimate of drug-likeness (QED) is 0.892. The van der Waals surface area contributed by atoms with Crippen LogP contribution < -0.4 is 5.32 Å². The Morgan fingerprint density at radius 3 is 2.95 bits per heavy atom. The van der Waals surface area contributed by atoms with Crippen LogP contribution >= 0.6 is 15.9 Å². The van der Waals surface area contributed by atoms with Gasteiger partial charge in [0, 0.05) is 30.3 Å². The number of carbonyl (C=O) groups is 1. The summed E-state index contributed by atoms with van der Waals surface area (Å²) < 4.78 is 14.3. The molecule has 1 aromatic heterocycles. The van der Waals surface area contributed by atoms with E-state index >= 15 is 0 Å². The van der Waals surface area contributed by atoms with Crippen LogP contribution in [-0.4, -0.2) is 35.4 Å². The normalized spacial score (nSPS) is 18.3. The highest BCUT2D eigenvalue weighted by Gasteiger charge is 2.29. The van der Waals surface area contributed by atoms with Crippen LogP contribution in [0.5, 0.6) is 0 Å². The molecule has 1 aromatic carbocycles. The van der Waals surface area contributed by atoms with Crippen LogP contribution in [0.25, 0.3) is 0 Å². The Hall–Kier alpha value is -1.79. The highest BCUT2D eigenvalue weighted by atomic mass is 79.9. The van der Waals surface area contributed by atoms with Gasteiger partial charge in [0.15, 0.2) is 0 Å². The van der Waals surface area contributed by atoms with E-state index in [1.807, 2.05) is 6.07 Å². The molecule has 1 N–H and O–H groups in total. The molecule has 22 heavy (non-hydrogen) atoms. The van der Waals surface area contributed by atoms with Gasteiger partial charge in [0.2, 0.25) is 0 Å². The number of piperazine rings is 1. The number of nitrogens with zero attached hydrogens (tertiary/aromatic N) is 2. The lowest BCUT2D eigenvalue weighted by Gasteiger charge is -2.36. The van der Waals surface area contributed by atoms with E-state index in [0.717, 1.165) is 10.0 Å². The maximum Gasteiger partial charge on any atom is 0.273 e. The molecule has 1 aliphatic heterocycles. The lowest BCUT2D eigenvalue weighted by molar-refractivity contribution is 0.0628. The molecular weight excluding hydrogens is 349 g/mol. The fourth-order valence-corrected chi connectivity index (χ4v) is 2.84. The van der Waals surface area contributed by atoms with Gasteiger partial charge in [-0.15, -0.1) is 0 Å². The van der Waals surface area contributed by atoms with Crippen molar-refractivity contribution >= 4 is 21.8 Å². The van der Waals surface area contributed by atoms with E-state index in [2.05, 4.69) is 26.2 Å². The van der Waals surface area contributed by atoms with Crippen LogP contribution in [0.4, 0.5) is 4.39 Å². The average Bonchev–Trinajstić information content (AvgIpc) is 2.55. The monoisotopic (exact) mass is 363 g/mol. The number of carbonyl (C=O) groups excluding carboxylic acids is 1. The zero-order chi connectivity index (χ0) is 15.5. The van der Waals surface area contributed by atoms with Crippen LogP contribution in [0.3, 0.4) is 0 Å². The minimum atomic E-state index is -0.294. The first-order valence-corrected chi connectivity index (χ1v) is 7.83. The van der Waals surface area contributed by atoms with Crippen molar-refractivity contribution in [2.24, 2.45) is 0 Å². The second-order valence-corrected chi connectivity index (χ2v) is 6.05. The molecule has 0 bridgehead atoms. The Balaban J connectivity index is 1.89. The summed E-state index contributed by atoms with van der Waals surface area (Å²) in [5.74, 6) is -0.430. The summed E-state index contributed by atoms with van der Waals surface area (Å²) in [5, 5.41) is 3.25. The minimum Gasteiger partial charge on any atom is -0.328 e. The Labute approximate surface area is 136 Å². The van der Waals surface area contributed by atoms with Gasteiger partial charge in [-0.05, 0) is 45.8 Å². The second kappa shape index (κ2) is 6.54. The molecule has 1 aliphatic rings. The minimum absolute atomic E-state index is 0.136.